The number of carbonyl (C=O) groups is 2. The maximum absolute atomic E-state index is 12.0. The van der Waals surface area contributed by atoms with E-state index in [1.165, 1.54) is 11.8 Å². The van der Waals surface area contributed by atoms with Gasteiger partial charge >= 0.3 is 5.97 Å². The molecule has 0 aliphatic heterocycles. The van der Waals surface area contributed by atoms with E-state index in [0.29, 0.717) is 5.75 Å². The van der Waals surface area contributed by atoms with Gasteiger partial charge in [-0.25, -0.2) is 0 Å². The highest BCUT2D eigenvalue weighted by atomic mass is 32.2. The highest BCUT2D eigenvalue weighted by Gasteiger charge is 2.36. The largest absolute Gasteiger partial charge is 0.468 e. The number of hydrogen-bond acceptors (Lipinski definition) is 5. The maximum atomic E-state index is 12.0. The number of hydrogen-bond donors (Lipinski definition) is 0. The molecule has 4 nitrogen and oxygen atoms in total. The summed E-state index contributed by atoms with van der Waals surface area (Å²) in [5, 5.41) is 0. The van der Waals surface area contributed by atoms with Crippen LogP contribution in [0, 0.1) is 5.41 Å². The minimum atomic E-state index is -1.08. The molecular formula is C13H18O4S. The molecule has 100 valence electrons. The Bertz CT molecular complexity index is 395. The fraction of sp³-hybridized carbons (Fsp3) is 0.538. The molecule has 5 heteroatoms. The van der Waals surface area contributed by atoms with Gasteiger partial charge in [0.15, 0.2) is 5.78 Å². The van der Waals surface area contributed by atoms with Gasteiger partial charge < -0.3 is 9.15 Å². The van der Waals surface area contributed by atoms with E-state index in [4.69, 9.17) is 9.15 Å². The van der Waals surface area contributed by atoms with Crippen LogP contribution < -0.4 is 0 Å². The number of Topliss-reactive ketones (excluding diaryl/α,β-unsaturated/α-hetero) is 1. The predicted octanol–water partition coefficient (Wildman–Crippen LogP) is 2.67. The van der Waals surface area contributed by atoms with Gasteiger partial charge in [-0.1, -0.05) is 0 Å². The van der Waals surface area contributed by atoms with Gasteiger partial charge in [0.05, 0.1) is 24.4 Å². The van der Waals surface area contributed by atoms with Crippen LogP contribution in [0.15, 0.2) is 22.8 Å². The van der Waals surface area contributed by atoms with E-state index in [1.807, 2.05) is 6.07 Å². The SMILES string of the molecule is CCOC(=O)C(C)(C)C(=O)CSCc1ccco1. The van der Waals surface area contributed by atoms with Crippen molar-refractivity contribution in [1.82, 2.24) is 0 Å². The summed E-state index contributed by atoms with van der Waals surface area (Å²) in [6.45, 7) is 5.21. The Morgan fingerprint density at radius 2 is 2.17 bits per heavy atom. The van der Waals surface area contributed by atoms with Gasteiger partial charge in [0.25, 0.3) is 0 Å². The number of esters is 1. The molecule has 1 aromatic heterocycles. The lowest BCUT2D eigenvalue weighted by Crippen LogP contribution is -2.36. The van der Waals surface area contributed by atoms with Crippen molar-refractivity contribution in [2.45, 2.75) is 26.5 Å². The van der Waals surface area contributed by atoms with Gasteiger partial charge in [-0.05, 0) is 32.9 Å². The molecule has 0 atom stereocenters. The van der Waals surface area contributed by atoms with Crippen LogP contribution in [0.1, 0.15) is 26.5 Å². The van der Waals surface area contributed by atoms with E-state index in [-0.39, 0.29) is 18.1 Å². The number of carbonyl (C=O) groups excluding carboxylic acids is 2. The maximum Gasteiger partial charge on any atom is 0.319 e. The molecule has 1 aromatic rings. The Balaban J connectivity index is 2.41. The van der Waals surface area contributed by atoms with E-state index in [9.17, 15) is 9.59 Å². The van der Waals surface area contributed by atoms with E-state index in [2.05, 4.69) is 0 Å². The van der Waals surface area contributed by atoms with Crippen LogP contribution in [0.4, 0.5) is 0 Å². The number of ether oxygens (including phenoxy) is 1. The van der Waals surface area contributed by atoms with E-state index >= 15 is 0 Å². The van der Waals surface area contributed by atoms with E-state index in [1.54, 1.807) is 33.1 Å². The lowest BCUT2D eigenvalue weighted by atomic mass is 9.89. The average molecular weight is 270 g/mol. The molecule has 0 fully saturated rings. The number of thioether (sulfide) groups is 1. The van der Waals surface area contributed by atoms with Gasteiger partial charge in [0, 0.05) is 0 Å². The summed E-state index contributed by atoms with van der Waals surface area (Å²) in [6.07, 6.45) is 1.60. The van der Waals surface area contributed by atoms with Gasteiger partial charge in [-0.3, -0.25) is 9.59 Å². The van der Waals surface area contributed by atoms with Gasteiger partial charge in [-0.2, -0.15) is 0 Å². The standard InChI is InChI=1S/C13H18O4S/c1-4-16-12(15)13(2,3)11(14)9-18-8-10-6-5-7-17-10/h5-7H,4,8-9H2,1-3H3. The van der Waals surface area contributed by atoms with Crippen molar-refractivity contribution in [3.8, 4) is 0 Å². The molecule has 0 amide bonds. The predicted molar refractivity (Wildman–Crippen MR) is 70.3 cm³/mol. The Morgan fingerprint density at radius 3 is 2.72 bits per heavy atom. The van der Waals surface area contributed by atoms with Crippen molar-refractivity contribution in [2.24, 2.45) is 5.41 Å². The van der Waals surface area contributed by atoms with Crippen molar-refractivity contribution in [1.29, 1.82) is 0 Å². The second kappa shape index (κ2) is 6.64. The van der Waals surface area contributed by atoms with Crippen molar-refractivity contribution in [3.63, 3.8) is 0 Å². The molecular weight excluding hydrogens is 252 g/mol. The van der Waals surface area contributed by atoms with Crippen LogP contribution in [-0.2, 0) is 20.1 Å². The summed E-state index contributed by atoms with van der Waals surface area (Å²) in [6, 6.07) is 3.66. The molecule has 18 heavy (non-hydrogen) atoms. The van der Waals surface area contributed by atoms with Crippen molar-refractivity contribution in [3.05, 3.63) is 24.2 Å². The third-order valence-corrected chi connectivity index (χ3v) is 3.50. The summed E-state index contributed by atoms with van der Waals surface area (Å²) in [5.41, 5.74) is -1.08. The lowest BCUT2D eigenvalue weighted by molar-refractivity contribution is -0.157. The summed E-state index contributed by atoms with van der Waals surface area (Å²) in [5.74, 6) is 1.12. The number of furan rings is 1. The molecule has 0 saturated heterocycles. The minimum Gasteiger partial charge on any atom is -0.468 e. The average Bonchev–Trinajstić information content (AvgIpc) is 2.82. The molecule has 0 aliphatic rings. The Hall–Kier alpha value is -1.23. The molecule has 0 aliphatic carbocycles. The third kappa shape index (κ3) is 3.91. The zero-order valence-corrected chi connectivity index (χ0v) is 11.7. The number of rotatable bonds is 7. The molecule has 1 rings (SSSR count). The Kier molecular flexibility index (Phi) is 5.47. The highest BCUT2D eigenvalue weighted by Crippen LogP contribution is 2.23. The zero-order valence-electron chi connectivity index (χ0n) is 10.9. The first-order valence-corrected chi connectivity index (χ1v) is 6.94. The molecule has 0 saturated carbocycles. The van der Waals surface area contributed by atoms with Crippen LogP contribution >= 0.6 is 11.8 Å². The first kappa shape index (κ1) is 14.8. The summed E-state index contributed by atoms with van der Waals surface area (Å²) >= 11 is 1.43. The fourth-order valence-electron chi connectivity index (χ4n) is 1.24. The van der Waals surface area contributed by atoms with Crippen LogP contribution in [0.2, 0.25) is 0 Å². The molecule has 0 unspecified atom stereocenters. The monoisotopic (exact) mass is 270 g/mol. The lowest BCUT2D eigenvalue weighted by Gasteiger charge is -2.20. The van der Waals surface area contributed by atoms with Gasteiger partial charge in [0.1, 0.15) is 11.2 Å². The third-order valence-electron chi connectivity index (χ3n) is 2.54. The smallest absolute Gasteiger partial charge is 0.319 e. The molecule has 0 radical (unpaired) electrons. The van der Waals surface area contributed by atoms with Crippen molar-refractivity contribution in [2.75, 3.05) is 12.4 Å². The van der Waals surface area contributed by atoms with Crippen LogP contribution in [-0.4, -0.2) is 24.1 Å². The summed E-state index contributed by atoms with van der Waals surface area (Å²) in [7, 11) is 0. The Labute approximate surface area is 111 Å². The van der Waals surface area contributed by atoms with Crippen LogP contribution in [0.3, 0.4) is 0 Å². The molecule has 0 N–H and O–H groups in total. The second-order valence-corrected chi connectivity index (χ2v) is 5.33. The van der Waals surface area contributed by atoms with Gasteiger partial charge in [0.2, 0.25) is 0 Å². The zero-order chi connectivity index (χ0) is 13.6. The normalized spacial score (nSPS) is 11.3. The minimum absolute atomic E-state index is 0.127. The second-order valence-electron chi connectivity index (χ2n) is 4.34. The van der Waals surface area contributed by atoms with Crippen LogP contribution in [0.5, 0.6) is 0 Å². The van der Waals surface area contributed by atoms with Crippen molar-refractivity contribution < 1.29 is 18.7 Å². The molecule has 1 heterocycles. The quantitative estimate of drug-likeness (QED) is 0.563. The van der Waals surface area contributed by atoms with Crippen LogP contribution in [0.25, 0.3) is 0 Å². The first-order chi connectivity index (χ1) is 8.48. The summed E-state index contributed by atoms with van der Waals surface area (Å²) in [4.78, 5) is 23.6. The summed E-state index contributed by atoms with van der Waals surface area (Å²) < 4.78 is 10.1. The molecule has 0 spiro atoms. The Morgan fingerprint density at radius 1 is 1.44 bits per heavy atom. The topological polar surface area (TPSA) is 56.5 Å². The van der Waals surface area contributed by atoms with E-state index < -0.39 is 11.4 Å². The fourth-order valence-corrected chi connectivity index (χ4v) is 2.26. The first-order valence-electron chi connectivity index (χ1n) is 5.79. The van der Waals surface area contributed by atoms with Crippen molar-refractivity contribution >= 4 is 23.5 Å². The molecule has 0 bridgehead atoms. The van der Waals surface area contributed by atoms with Gasteiger partial charge in [-0.15, -0.1) is 11.8 Å². The van der Waals surface area contributed by atoms with E-state index in [0.717, 1.165) is 5.76 Å². The number of ketones is 1. The highest BCUT2D eigenvalue weighted by molar-refractivity contribution is 7.99. The molecule has 0 aromatic carbocycles.